The largest absolute Gasteiger partial charge is 0.469 e. The molecule has 0 saturated carbocycles. The first-order valence-electron chi connectivity index (χ1n) is 6.94. The second kappa shape index (κ2) is 7.96. The fourth-order valence-corrected chi connectivity index (χ4v) is 2.67. The van der Waals surface area contributed by atoms with E-state index in [1.165, 1.54) is 14.2 Å². The number of amides is 1. The molecule has 0 bridgehead atoms. The van der Waals surface area contributed by atoms with Crippen molar-refractivity contribution in [3.05, 3.63) is 16.5 Å². The highest BCUT2D eigenvalue weighted by atomic mass is 32.1. The van der Waals surface area contributed by atoms with E-state index in [1.54, 1.807) is 26.8 Å². The number of carbonyl (C=O) groups is 3. The van der Waals surface area contributed by atoms with Gasteiger partial charge in [-0.3, -0.25) is 10.1 Å². The van der Waals surface area contributed by atoms with Crippen LogP contribution in [0.1, 0.15) is 42.4 Å². The zero-order chi connectivity index (χ0) is 17.6. The van der Waals surface area contributed by atoms with E-state index in [-0.39, 0.29) is 12.4 Å². The highest BCUT2D eigenvalue weighted by Crippen LogP contribution is 2.30. The third kappa shape index (κ3) is 6.27. The van der Waals surface area contributed by atoms with Crippen molar-refractivity contribution in [2.75, 3.05) is 19.5 Å². The van der Waals surface area contributed by atoms with Crippen LogP contribution in [0.4, 0.5) is 9.80 Å². The van der Waals surface area contributed by atoms with Crippen LogP contribution in [0.5, 0.6) is 0 Å². The van der Waals surface area contributed by atoms with Gasteiger partial charge < -0.3 is 14.2 Å². The number of methoxy groups -OCH3 is 2. The Labute approximate surface area is 138 Å². The highest BCUT2D eigenvalue weighted by molar-refractivity contribution is 7.18. The molecule has 23 heavy (non-hydrogen) atoms. The van der Waals surface area contributed by atoms with Crippen LogP contribution in [-0.2, 0) is 25.4 Å². The molecule has 7 nitrogen and oxygen atoms in total. The minimum absolute atomic E-state index is 0.136. The molecule has 1 N–H and O–H groups in total. The number of thiophene rings is 1. The van der Waals surface area contributed by atoms with Crippen molar-refractivity contribution >= 4 is 34.4 Å². The van der Waals surface area contributed by atoms with Gasteiger partial charge in [-0.1, -0.05) is 0 Å². The number of anilines is 1. The van der Waals surface area contributed by atoms with E-state index >= 15 is 0 Å². The zero-order valence-electron chi connectivity index (χ0n) is 13.8. The molecule has 0 atom stereocenters. The summed E-state index contributed by atoms with van der Waals surface area (Å²) >= 11 is 1.07. The van der Waals surface area contributed by atoms with Crippen LogP contribution in [0.3, 0.4) is 0 Å². The smallest absolute Gasteiger partial charge is 0.412 e. The summed E-state index contributed by atoms with van der Waals surface area (Å²) in [7, 11) is 2.58. The fraction of sp³-hybridized carbons (Fsp3) is 0.533. The summed E-state index contributed by atoms with van der Waals surface area (Å²) in [6.45, 7) is 5.25. The lowest BCUT2D eigenvalue weighted by Gasteiger charge is -2.19. The van der Waals surface area contributed by atoms with Crippen LogP contribution >= 0.6 is 11.3 Å². The predicted octanol–water partition coefficient (Wildman–Crippen LogP) is 2.99. The maximum Gasteiger partial charge on any atom is 0.412 e. The second-order valence-corrected chi connectivity index (χ2v) is 6.71. The molecule has 1 heterocycles. The molecule has 1 amide bonds. The monoisotopic (exact) mass is 343 g/mol. The van der Waals surface area contributed by atoms with Crippen molar-refractivity contribution in [3.8, 4) is 0 Å². The molecule has 0 spiro atoms. The van der Waals surface area contributed by atoms with Crippen LogP contribution in [0.2, 0.25) is 0 Å². The third-order valence-electron chi connectivity index (χ3n) is 2.64. The standard InChI is InChI=1S/C15H21NO6S/c1-15(2,3)22-14(19)16-12-9(6-7-11(17)20-4)8-10(23-12)13(18)21-5/h8H,6-7H2,1-5H3,(H,16,19). The average Bonchev–Trinajstić information content (AvgIpc) is 2.84. The summed E-state index contributed by atoms with van der Waals surface area (Å²) in [5.74, 6) is -0.884. The molecule has 0 aromatic carbocycles. The van der Waals surface area contributed by atoms with Gasteiger partial charge in [-0.05, 0) is 38.8 Å². The zero-order valence-corrected chi connectivity index (χ0v) is 14.7. The SMILES string of the molecule is COC(=O)CCc1cc(C(=O)OC)sc1NC(=O)OC(C)(C)C. The molecule has 0 fully saturated rings. The summed E-state index contributed by atoms with van der Waals surface area (Å²) in [4.78, 5) is 35.1. The topological polar surface area (TPSA) is 90.9 Å². The van der Waals surface area contributed by atoms with Crippen LogP contribution < -0.4 is 5.32 Å². The van der Waals surface area contributed by atoms with Crippen molar-refractivity contribution in [2.45, 2.75) is 39.2 Å². The van der Waals surface area contributed by atoms with Crippen LogP contribution in [0.15, 0.2) is 6.07 Å². The summed E-state index contributed by atoms with van der Waals surface area (Å²) in [6, 6.07) is 1.59. The van der Waals surface area contributed by atoms with E-state index < -0.39 is 17.7 Å². The van der Waals surface area contributed by atoms with Gasteiger partial charge in [0, 0.05) is 6.42 Å². The van der Waals surface area contributed by atoms with Crippen LogP contribution in [-0.4, -0.2) is 37.9 Å². The van der Waals surface area contributed by atoms with Crippen molar-refractivity contribution in [1.29, 1.82) is 0 Å². The average molecular weight is 343 g/mol. The number of nitrogens with one attached hydrogen (secondary N) is 1. The molecule has 0 saturated heterocycles. The first-order chi connectivity index (χ1) is 10.7. The Kier molecular flexibility index (Phi) is 6.56. The molecule has 0 unspecified atom stereocenters. The molecule has 1 aromatic heterocycles. The predicted molar refractivity (Wildman–Crippen MR) is 85.9 cm³/mol. The van der Waals surface area contributed by atoms with Gasteiger partial charge in [0.2, 0.25) is 0 Å². The molecule has 8 heteroatoms. The van der Waals surface area contributed by atoms with E-state index in [1.807, 2.05) is 0 Å². The summed E-state index contributed by atoms with van der Waals surface area (Å²) in [5.41, 5.74) is 0.00488. The van der Waals surface area contributed by atoms with Gasteiger partial charge in [0.05, 0.1) is 14.2 Å². The molecular weight excluding hydrogens is 322 g/mol. The molecule has 0 radical (unpaired) electrons. The maximum absolute atomic E-state index is 11.9. The number of aryl methyl sites for hydroxylation is 1. The number of carbonyl (C=O) groups excluding carboxylic acids is 3. The Hall–Kier alpha value is -2.09. The Morgan fingerprint density at radius 2 is 1.83 bits per heavy atom. The minimum Gasteiger partial charge on any atom is -0.469 e. The van der Waals surface area contributed by atoms with Crippen molar-refractivity contribution in [3.63, 3.8) is 0 Å². The van der Waals surface area contributed by atoms with Gasteiger partial charge in [-0.2, -0.15) is 0 Å². The van der Waals surface area contributed by atoms with Gasteiger partial charge in [-0.25, -0.2) is 9.59 Å². The maximum atomic E-state index is 11.9. The van der Waals surface area contributed by atoms with Crippen molar-refractivity contribution < 1.29 is 28.6 Å². The third-order valence-corrected chi connectivity index (χ3v) is 3.71. The molecule has 1 aromatic rings. The van der Waals surface area contributed by atoms with Crippen molar-refractivity contribution in [1.82, 2.24) is 0 Å². The van der Waals surface area contributed by atoms with Gasteiger partial charge in [0.25, 0.3) is 0 Å². The van der Waals surface area contributed by atoms with E-state index in [0.717, 1.165) is 11.3 Å². The molecule has 1 rings (SSSR count). The molecule has 128 valence electrons. The first kappa shape index (κ1) is 19.0. The summed E-state index contributed by atoms with van der Waals surface area (Å²) in [5, 5.41) is 3.05. The Bertz CT molecular complexity index is 587. The molecule has 0 aliphatic rings. The Morgan fingerprint density at radius 1 is 1.17 bits per heavy atom. The fourth-order valence-electron chi connectivity index (χ4n) is 1.66. The lowest BCUT2D eigenvalue weighted by atomic mass is 10.1. The second-order valence-electron chi connectivity index (χ2n) is 5.66. The number of ether oxygens (including phenoxy) is 3. The number of esters is 2. The quantitative estimate of drug-likeness (QED) is 0.653. The first-order valence-corrected chi connectivity index (χ1v) is 7.75. The van der Waals surface area contributed by atoms with Gasteiger partial charge >= 0.3 is 18.0 Å². The highest BCUT2D eigenvalue weighted by Gasteiger charge is 2.21. The molecular formula is C15H21NO6S. The van der Waals surface area contributed by atoms with Gasteiger partial charge in [0.1, 0.15) is 15.5 Å². The Morgan fingerprint density at radius 3 is 2.35 bits per heavy atom. The van der Waals surface area contributed by atoms with E-state index in [9.17, 15) is 14.4 Å². The molecule has 0 aliphatic carbocycles. The lowest BCUT2D eigenvalue weighted by Crippen LogP contribution is -2.27. The summed E-state index contributed by atoms with van der Waals surface area (Å²) < 4.78 is 14.5. The van der Waals surface area contributed by atoms with E-state index in [0.29, 0.717) is 21.9 Å². The van der Waals surface area contributed by atoms with E-state index in [4.69, 9.17) is 4.74 Å². The normalized spacial score (nSPS) is 10.8. The van der Waals surface area contributed by atoms with Crippen LogP contribution in [0, 0.1) is 0 Å². The van der Waals surface area contributed by atoms with Gasteiger partial charge in [-0.15, -0.1) is 11.3 Å². The number of hydrogen-bond donors (Lipinski definition) is 1. The summed E-state index contributed by atoms with van der Waals surface area (Å²) in [6.07, 6.45) is -0.169. The van der Waals surface area contributed by atoms with Crippen molar-refractivity contribution in [2.24, 2.45) is 0 Å². The lowest BCUT2D eigenvalue weighted by molar-refractivity contribution is -0.140. The molecule has 0 aliphatic heterocycles. The van der Waals surface area contributed by atoms with Crippen LogP contribution in [0.25, 0.3) is 0 Å². The minimum atomic E-state index is -0.640. The number of rotatable bonds is 5. The Balaban J connectivity index is 2.93. The van der Waals surface area contributed by atoms with Gasteiger partial charge in [0.15, 0.2) is 0 Å². The number of hydrogen-bond acceptors (Lipinski definition) is 7. The van der Waals surface area contributed by atoms with E-state index in [2.05, 4.69) is 14.8 Å².